The third-order valence-corrected chi connectivity index (χ3v) is 5.76. The third kappa shape index (κ3) is 3.26. The average Bonchev–Trinajstić information content (AvgIpc) is 2.86. The van der Waals surface area contributed by atoms with E-state index < -0.39 is 15.6 Å². The van der Waals surface area contributed by atoms with Gasteiger partial charge in [-0.3, -0.25) is 5.41 Å². The van der Waals surface area contributed by atoms with Gasteiger partial charge in [0.05, 0.1) is 11.9 Å². The first-order chi connectivity index (χ1) is 9.79. The normalized spacial score (nSPS) is 26.7. The second kappa shape index (κ2) is 5.76. The van der Waals surface area contributed by atoms with E-state index in [9.17, 15) is 8.42 Å². The Morgan fingerprint density at radius 3 is 2.62 bits per heavy atom. The van der Waals surface area contributed by atoms with Gasteiger partial charge in [-0.25, -0.2) is 13.4 Å². The minimum absolute atomic E-state index is 0.0387. The SMILES string of the molecule is CCC1CCC(NS(=O)(=O)c2cn(C)cn2)(C(=N)N)CC1. The van der Waals surface area contributed by atoms with E-state index in [1.54, 1.807) is 11.6 Å². The Morgan fingerprint density at radius 1 is 1.57 bits per heavy atom. The van der Waals surface area contributed by atoms with Crippen LogP contribution in [0, 0.1) is 11.3 Å². The molecule has 0 atom stereocenters. The topological polar surface area (TPSA) is 114 Å². The summed E-state index contributed by atoms with van der Waals surface area (Å²) in [4.78, 5) is 3.88. The smallest absolute Gasteiger partial charge is 0.260 e. The van der Waals surface area contributed by atoms with Crippen LogP contribution < -0.4 is 10.5 Å². The number of sulfonamides is 1. The lowest BCUT2D eigenvalue weighted by molar-refractivity contribution is 0.266. The van der Waals surface area contributed by atoms with Crippen molar-refractivity contribution in [2.24, 2.45) is 18.7 Å². The van der Waals surface area contributed by atoms with E-state index >= 15 is 0 Å². The monoisotopic (exact) mass is 313 g/mol. The van der Waals surface area contributed by atoms with E-state index in [-0.39, 0.29) is 10.9 Å². The Labute approximate surface area is 125 Å². The molecule has 4 N–H and O–H groups in total. The van der Waals surface area contributed by atoms with Crippen molar-refractivity contribution in [3.05, 3.63) is 12.5 Å². The van der Waals surface area contributed by atoms with Gasteiger partial charge in [0.25, 0.3) is 10.0 Å². The van der Waals surface area contributed by atoms with Crippen LogP contribution in [-0.4, -0.2) is 29.3 Å². The van der Waals surface area contributed by atoms with E-state index in [1.165, 1.54) is 12.5 Å². The lowest BCUT2D eigenvalue weighted by Gasteiger charge is -2.39. The van der Waals surface area contributed by atoms with Crippen molar-refractivity contribution < 1.29 is 8.42 Å². The number of aryl methyl sites for hydroxylation is 1. The molecule has 0 bridgehead atoms. The van der Waals surface area contributed by atoms with Gasteiger partial charge in [0, 0.05) is 13.2 Å². The minimum atomic E-state index is -3.77. The van der Waals surface area contributed by atoms with Crippen molar-refractivity contribution in [2.75, 3.05) is 0 Å². The Balaban J connectivity index is 2.23. The maximum Gasteiger partial charge on any atom is 0.260 e. The van der Waals surface area contributed by atoms with Crippen molar-refractivity contribution in [2.45, 2.75) is 49.6 Å². The third-order valence-electron chi connectivity index (χ3n) is 4.34. The molecule has 0 unspecified atom stereocenters. The van der Waals surface area contributed by atoms with Gasteiger partial charge in [0.2, 0.25) is 0 Å². The van der Waals surface area contributed by atoms with Gasteiger partial charge in [0.1, 0.15) is 5.84 Å². The molecule has 0 radical (unpaired) electrons. The van der Waals surface area contributed by atoms with Gasteiger partial charge in [-0.05, 0) is 31.6 Å². The molecule has 1 fully saturated rings. The van der Waals surface area contributed by atoms with Crippen LogP contribution in [0.3, 0.4) is 0 Å². The summed E-state index contributed by atoms with van der Waals surface area (Å²) in [6, 6.07) is 0. The fraction of sp³-hybridized carbons (Fsp3) is 0.692. The van der Waals surface area contributed by atoms with Gasteiger partial charge >= 0.3 is 0 Å². The Morgan fingerprint density at radius 2 is 2.19 bits per heavy atom. The molecular formula is C13H23N5O2S. The molecule has 0 aromatic carbocycles. The largest absolute Gasteiger partial charge is 0.386 e. The predicted molar refractivity (Wildman–Crippen MR) is 80.4 cm³/mol. The zero-order valence-electron chi connectivity index (χ0n) is 12.5. The summed E-state index contributed by atoms with van der Waals surface area (Å²) >= 11 is 0. The molecule has 1 heterocycles. The van der Waals surface area contributed by atoms with E-state index in [2.05, 4.69) is 16.6 Å². The highest BCUT2D eigenvalue weighted by Crippen LogP contribution is 2.34. The molecule has 7 nitrogen and oxygen atoms in total. The zero-order valence-corrected chi connectivity index (χ0v) is 13.3. The number of nitrogens with zero attached hydrogens (tertiary/aromatic N) is 2. The van der Waals surface area contributed by atoms with Gasteiger partial charge < -0.3 is 10.3 Å². The highest BCUT2D eigenvalue weighted by Gasteiger charge is 2.41. The average molecular weight is 313 g/mol. The fourth-order valence-corrected chi connectivity index (χ4v) is 4.27. The summed E-state index contributed by atoms with van der Waals surface area (Å²) in [6.45, 7) is 2.13. The first kappa shape index (κ1) is 16.0. The highest BCUT2D eigenvalue weighted by atomic mass is 32.2. The molecule has 1 aromatic rings. The van der Waals surface area contributed by atoms with Gasteiger partial charge in [-0.2, -0.15) is 4.72 Å². The lowest BCUT2D eigenvalue weighted by atomic mass is 9.75. The first-order valence-corrected chi connectivity index (χ1v) is 8.64. The summed E-state index contributed by atoms with van der Waals surface area (Å²) in [5.41, 5.74) is 4.74. The Bertz CT molecular complexity index is 614. The van der Waals surface area contributed by atoms with E-state index in [4.69, 9.17) is 11.1 Å². The number of nitrogens with one attached hydrogen (secondary N) is 2. The Kier molecular flexibility index (Phi) is 4.38. The standard InChI is InChI=1S/C13H23N5O2S/c1-3-10-4-6-13(7-5-10,12(14)15)17-21(19,20)11-8-18(2)9-16-11/h8-10,17H,3-7H2,1-2H3,(H3,14,15). The number of amidine groups is 1. The molecular weight excluding hydrogens is 290 g/mol. The van der Waals surface area contributed by atoms with Crippen LogP contribution in [0.1, 0.15) is 39.0 Å². The predicted octanol–water partition coefficient (Wildman–Crippen LogP) is 0.973. The number of aromatic nitrogens is 2. The molecule has 21 heavy (non-hydrogen) atoms. The molecule has 118 valence electrons. The quantitative estimate of drug-likeness (QED) is 0.555. The maximum absolute atomic E-state index is 12.4. The summed E-state index contributed by atoms with van der Waals surface area (Å²) in [6.07, 6.45) is 6.82. The second-order valence-corrected chi connectivity index (χ2v) is 7.46. The van der Waals surface area contributed by atoms with Crippen LogP contribution in [0.4, 0.5) is 0 Å². The second-order valence-electron chi connectivity index (χ2n) is 5.83. The summed E-state index contributed by atoms with van der Waals surface area (Å²) in [7, 11) is -2.06. The molecule has 1 aliphatic rings. The minimum Gasteiger partial charge on any atom is -0.386 e. The van der Waals surface area contributed by atoms with Crippen LogP contribution in [0.5, 0.6) is 0 Å². The molecule has 0 saturated heterocycles. The van der Waals surface area contributed by atoms with Crippen LogP contribution in [0.2, 0.25) is 0 Å². The number of nitrogens with two attached hydrogens (primary N) is 1. The number of hydrogen-bond donors (Lipinski definition) is 3. The number of hydrogen-bond acceptors (Lipinski definition) is 4. The van der Waals surface area contributed by atoms with Crippen LogP contribution in [0.15, 0.2) is 17.6 Å². The van der Waals surface area contributed by atoms with Crippen molar-refractivity contribution >= 4 is 15.9 Å². The fourth-order valence-electron chi connectivity index (χ4n) is 2.84. The van der Waals surface area contributed by atoms with Crippen molar-refractivity contribution in [3.8, 4) is 0 Å². The highest BCUT2D eigenvalue weighted by molar-refractivity contribution is 7.89. The molecule has 0 spiro atoms. The number of imidazole rings is 1. The van der Waals surface area contributed by atoms with Crippen molar-refractivity contribution in [1.29, 1.82) is 5.41 Å². The van der Waals surface area contributed by atoms with Crippen molar-refractivity contribution in [3.63, 3.8) is 0 Å². The summed E-state index contributed by atoms with van der Waals surface area (Å²) < 4.78 is 29.1. The van der Waals surface area contributed by atoms with Crippen LogP contribution >= 0.6 is 0 Å². The van der Waals surface area contributed by atoms with E-state index in [1.807, 2.05) is 0 Å². The lowest BCUT2D eigenvalue weighted by Crippen LogP contribution is -2.58. The van der Waals surface area contributed by atoms with Gasteiger partial charge in [0.15, 0.2) is 5.03 Å². The first-order valence-electron chi connectivity index (χ1n) is 7.15. The Hall–Kier alpha value is -1.41. The molecule has 2 rings (SSSR count). The van der Waals surface area contributed by atoms with Gasteiger partial charge in [-0.1, -0.05) is 13.3 Å². The zero-order chi connectivity index (χ0) is 15.7. The summed E-state index contributed by atoms with van der Waals surface area (Å²) in [5, 5.41) is 7.79. The van der Waals surface area contributed by atoms with Gasteiger partial charge in [-0.15, -0.1) is 0 Å². The molecule has 1 aliphatic carbocycles. The summed E-state index contributed by atoms with van der Waals surface area (Å²) in [5.74, 6) is 0.466. The maximum atomic E-state index is 12.4. The van der Waals surface area contributed by atoms with Crippen molar-refractivity contribution in [1.82, 2.24) is 14.3 Å². The number of rotatable bonds is 5. The molecule has 8 heteroatoms. The van der Waals surface area contributed by atoms with E-state index in [0.29, 0.717) is 18.8 Å². The molecule has 1 aromatic heterocycles. The molecule has 1 saturated carbocycles. The van der Waals surface area contributed by atoms with Crippen LogP contribution in [0.25, 0.3) is 0 Å². The molecule has 0 aliphatic heterocycles. The van der Waals surface area contributed by atoms with E-state index in [0.717, 1.165) is 19.3 Å². The van der Waals surface area contributed by atoms with Crippen LogP contribution in [-0.2, 0) is 17.1 Å². The molecule has 0 amide bonds.